The third-order valence-corrected chi connectivity index (χ3v) is 4.47. The standard InChI is InChI=1S/C11H13N2O6S/c14-13(15)7-1-3-8(4-2-7)19-20(16,17)12-11-9-5-18-6-10(9)11/h1-4,9-12,14H,5-6H2/q-1. The first-order valence-corrected chi connectivity index (χ1v) is 7.43. The average molecular weight is 301 g/mol. The quantitative estimate of drug-likeness (QED) is 0.749. The molecule has 110 valence electrons. The summed E-state index contributed by atoms with van der Waals surface area (Å²) in [5, 5.41) is 18.9. The van der Waals surface area contributed by atoms with Gasteiger partial charge in [-0.15, -0.1) is 0 Å². The Hall–Kier alpha value is -1.39. The maximum absolute atomic E-state index is 11.8. The van der Waals surface area contributed by atoms with Gasteiger partial charge in [0.25, 0.3) is 0 Å². The Labute approximate surface area is 115 Å². The number of anilines is 1. The van der Waals surface area contributed by atoms with Gasteiger partial charge in [-0.3, -0.25) is 5.21 Å². The van der Waals surface area contributed by atoms with Crippen molar-refractivity contribution in [2.45, 2.75) is 6.04 Å². The van der Waals surface area contributed by atoms with Gasteiger partial charge in [-0.2, -0.15) is 13.1 Å². The van der Waals surface area contributed by atoms with Gasteiger partial charge < -0.3 is 19.4 Å². The first-order chi connectivity index (χ1) is 9.46. The first-order valence-electron chi connectivity index (χ1n) is 6.02. The molecule has 2 fully saturated rings. The highest BCUT2D eigenvalue weighted by molar-refractivity contribution is 7.85. The maximum atomic E-state index is 11.8. The molecule has 0 amide bonds. The zero-order chi connectivity index (χ0) is 14.3. The highest BCUT2D eigenvalue weighted by Crippen LogP contribution is 2.44. The number of hydrogen-bond donors (Lipinski definition) is 2. The molecule has 1 saturated heterocycles. The smallest absolute Gasteiger partial charge is 0.382 e. The minimum atomic E-state index is -3.91. The van der Waals surface area contributed by atoms with Crippen LogP contribution in [0, 0.1) is 17.0 Å². The molecule has 2 unspecified atom stereocenters. The predicted octanol–water partition coefficient (Wildman–Crippen LogP) is 0.238. The summed E-state index contributed by atoms with van der Waals surface area (Å²) in [6.07, 6.45) is 0. The molecule has 0 radical (unpaired) electrons. The Kier molecular flexibility index (Phi) is 3.30. The van der Waals surface area contributed by atoms with E-state index in [4.69, 9.17) is 14.1 Å². The van der Waals surface area contributed by atoms with Crippen LogP contribution in [0.15, 0.2) is 24.3 Å². The molecule has 9 heteroatoms. The van der Waals surface area contributed by atoms with E-state index in [0.29, 0.717) is 13.2 Å². The van der Waals surface area contributed by atoms with Crippen molar-refractivity contribution in [2.24, 2.45) is 11.8 Å². The fourth-order valence-corrected chi connectivity index (χ4v) is 3.46. The number of benzene rings is 1. The molecule has 20 heavy (non-hydrogen) atoms. The minimum Gasteiger partial charge on any atom is -0.733 e. The zero-order valence-corrected chi connectivity index (χ0v) is 11.1. The molecular formula is C11H13N2O6S-. The van der Waals surface area contributed by atoms with Gasteiger partial charge in [0.2, 0.25) is 0 Å². The Morgan fingerprint density at radius 2 is 1.90 bits per heavy atom. The molecule has 2 aliphatic rings. The lowest BCUT2D eigenvalue weighted by Crippen LogP contribution is -2.33. The molecule has 1 saturated carbocycles. The van der Waals surface area contributed by atoms with Crippen molar-refractivity contribution in [3.63, 3.8) is 0 Å². The van der Waals surface area contributed by atoms with Gasteiger partial charge >= 0.3 is 10.3 Å². The summed E-state index contributed by atoms with van der Waals surface area (Å²) in [5.41, 5.74) is -0.0171. The van der Waals surface area contributed by atoms with Crippen LogP contribution in [0.4, 0.5) is 5.69 Å². The van der Waals surface area contributed by atoms with Crippen LogP contribution >= 0.6 is 0 Å². The second-order valence-electron chi connectivity index (χ2n) is 4.81. The van der Waals surface area contributed by atoms with E-state index in [1.165, 1.54) is 24.3 Å². The van der Waals surface area contributed by atoms with Crippen LogP contribution in [0.2, 0.25) is 0 Å². The third kappa shape index (κ3) is 2.72. The van der Waals surface area contributed by atoms with Crippen LogP contribution in [-0.4, -0.2) is 32.9 Å². The summed E-state index contributed by atoms with van der Waals surface area (Å²) >= 11 is 0. The van der Waals surface area contributed by atoms with Crippen molar-refractivity contribution >= 4 is 16.0 Å². The van der Waals surface area contributed by atoms with Gasteiger partial charge in [0, 0.05) is 17.9 Å². The molecule has 3 rings (SSSR count). The Morgan fingerprint density at radius 1 is 1.30 bits per heavy atom. The molecule has 1 aromatic carbocycles. The van der Waals surface area contributed by atoms with Crippen molar-refractivity contribution in [1.29, 1.82) is 0 Å². The molecule has 1 aliphatic carbocycles. The number of rotatable bonds is 5. The first kappa shape index (κ1) is 13.6. The Balaban J connectivity index is 1.61. The molecule has 2 N–H and O–H groups in total. The average Bonchev–Trinajstić information content (AvgIpc) is 2.83. The molecule has 1 heterocycles. The molecule has 1 aromatic rings. The zero-order valence-electron chi connectivity index (χ0n) is 10.3. The Morgan fingerprint density at radius 3 is 2.45 bits per heavy atom. The summed E-state index contributed by atoms with van der Waals surface area (Å²) in [5.74, 6) is 0.531. The maximum Gasteiger partial charge on any atom is 0.382 e. The normalized spacial score (nSPS) is 28.0. The van der Waals surface area contributed by atoms with Gasteiger partial charge in [0.1, 0.15) is 5.75 Å². The summed E-state index contributed by atoms with van der Waals surface area (Å²) in [7, 11) is -3.91. The summed E-state index contributed by atoms with van der Waals surface area (Å²) in [6.45, 7) is 1.14. The van der Waals surface area contributed by atoms with Gasteiger partial charge in [-0.25, -0.2) is 0 Å². The van der Waals surface area contributed by atoms with Crippen LogP contribution in [0.3, 0.4) is 0 Å². The van der Waals surface area contributed by atoms with Crippen molar-refractivity contribution in [2.75, 3.05) is 18.4 Å². The lowest BCUT2D eigenvalue weighted by molar-refractivity contribution is 0.158. The minimum absolute atomic E-state index is 0.0171. The summed E-state index contributed by atoms with van der Waals surface area (Å²) < 4.78 is 36.1. The number of nitrogens with zero attached hydrogens (tertiary/aromatic N) is 1. The van der Waals surface area contributed by atoms with E-state index in [0.717, 1.165) is 0 Å². The van der Waals surface area contributed by atoms with E-state index in [1.54, 1.807) is 0 Å². The van der Waals surface area contributed by atoms with E-state index in [9.17, 15) is 13.6 Å². The number of fused-ring (bicyclic) bond motifs is 1. The SMILES string of the molecule is O=S(=O)(NC1C2COCC21)Oc1ccc(N([O-])O)cc1. The van der Waals surface area contributed by atoms with Crippen LogP contribution in [0.1, 0.15) is 0 Å². The topological polar surface area (TPSA) is 111 Å². The second-order valence-corrected chi connectivity index (χ2v) is 6.12. The third-order valence-electron chi connectivity index (χ3n) is 3.50. The Bertz CT molecular complexity index is 577. The van der Waals surface area contributed by atoms with Crippen LogP contribution in [0.25, 0.3) is 0 Å². The fraction of sp³-hybridized carbons (Fsp3) is 0.455. The summed E-state index contributed by atoms with van der Waals surface area (Å²) in [6, 6.07) is 4.94. The summed E-state index contributed by atoms with van der Waals surface area (Å²) in [4.78, 5) is 0. The molecular weight excluding hydrogens is 288 g/mol. The van der Waals surface area contributed by atoms with Crippen LogP contribution < -0.4 is 14.1 Å². The highest BCUT2D eigenvalue weighted by atomic mass is 32.2. The van der Waals surface area contributed by atoms with Gasteiger partial charge in [0.05, 0.1) is 18.9 Å². The monoisotopic (exact) mass is 301 g/mol. The fourth-order valence-electron chi connectivity index (χ4n) is 2.36. The van der Waals surface area contributed by atoms with E-state index >= 15 is 0 Å². The molecule has 0 aromatic heterocycles. The van der Waals surface area contributed by atoms with E-state index < -0.39 is 10.3 Å². The van der Waals surface area contributed by atoms with Crippen molar-refractivity contribution < 1.29 is 22.5 Å². The van der Waals surface area contributed by atoms with Crippen LogP contribution in [-0.2, 0) is 15.0 Å². The van der Waals surface area contributed by atoms with Gasteiger partial charge in [-0.05, 0) is 24.3 Å². The second kappa shape index (κ2) is 4.86. The predicted molar refractivity (Wildman–Crippen MR) is 68.3 cm³/mol. The van der Waals surface area contributed by atoms with Crippen molar-refractivity contribution in [3.05, 3.63) is 29.5 Å². The molecule has 2 atom stereocenters. The largest absolute Gasteiger partial charge is 0.733 e. The van der Waals surface area contributed by atoms with Crippen molar-refractivity contribution in [3.8, 4) is 5.75 Å². The lowest BCUT2D eigenvalue weighted by atomic mass is 10.3. The van der Waals surface area contributed by atoms with Gasteiger partial charge in [-0.1, -0.05) is 0 Å². The van der Waals surface area contributed by atoms with Crippen molar-refractivity contribution in [1.82, 2.24) is 4.72 Å². The van der Waals surface area contributed by atoms with E-state index in [-0.39, 0.29) is 34.5 Å². The van der Waals surface area contributed by atoms with Gasteiger partial charge in [0.15, 0.2) is 0 Å². The molecule has 0 spiro atoms. The van der Waals surface area contributed by atoms with E-state index in [2.05, 4.69) is 4.72 Å². The van der Waals surface area contributed by atoms with E-state index in [1.807, 2.05) is 0 Å². The van der Waals surface area contributed by atoms with Crippen LogP contribution in [0.5, 0.6) is 5.75 Å². The molecule has 8 nitrogen and oxygen atoms in total. The lowest BCUT2D eigenvalue weighted by Gasteiger charge is -2.21. The molecule has 0 bridgehead atoms. The number of ether oxygens (including phenoxy) is 1. The highest BCUT2D eigenvalue weighted by Gasteiger charge is 2.55. The number of hydrogen-bond acceptors (Lipinski definition) is 7. The molecule has 1 aliphatic heterocycles. The number of nitrogens with one attached hydrogen (secondary N) is 1.